The number of ether oxygens (including phenoxy) is 1. The maximum absolute atomic E-state index is 6.07. The molecule has 0 fully saturated rings. The molecular weight excluding hydrogens is 245 g/mol. The highest BCUT2D eigenvalue weighted by atomic mass is 35.5. The van der Waals surface area contributed by atoms with Crippen molar-refractivity contribution in [2.24, 2.45) is 0 Å². The Balaban J connectivity index is 2.53. The Hall–Kier alpha value is -0.280. The number of hydrogen-bond donors (Lipinski definition) is 1. The second-order valence-electron chi connectivity index (χ2n) is 4.28. The van der Waals surface area contributed by atoms with E-state index < -0.39 is 0 Å². The molecule has 90 valence electrons. The van der Waals surface area contributed by atoms with E-state index >= 15 is 0 Å². The molecule has 0 aliphatic carbocycles. The number of nitrogens with one attached hydrogen (secondary N) is 1. The van der Waals surface area contributed by atoms with E-state index in [1.165, 1.54) is 0 Å². The summed E-state index contributed by atoms with van der Waals surface area (Å²) in [6, 6.07) is 5.64. The van der Waals surface area contributed by atoms with Crippen molar-refractivity contribution < 1.29 is 4.74 Å². The number of benzene rings is 1. The molecule has 0 aromatic heterocycles. The lowest BCUT2D eigenvalue weighted by molar-refractivity contribution is 0.0231. The quantitative estimate of drug-likeness (QED) is 0.876. The standard InChI is InChI=1S/C12H17Cl2NO/c1-12(2,16-3)8-15-7-9-5-4-6-10(13)11(9)14/h4-6,15H,7-8H2,1-3H3. The van der Waals surface area contributed by atoms with Crippen LogP contribution in [0.5, 0.6) is 0 Å². The van der Waals surface area contributed by atoms with Gasteiger partial charge in [-0.25, -0.2) is 0 Å². The van der Waals surface area contributed by atoms with Gasteiger partial charge in [-0.05, 0) is 25.5 Å². The predicted molar refractivity (Wildman–Crippen MR) is 69.3 cm³/mol. The molecule has 0 aliphatic rings. The van der Waals surface area contributed by atoms with Crippen molar-refractivity contribution in [1.29, 1.82) is 0 Å². The summed E-state index contributed by atoms with van der Waals surface area (Å²) in [6.07, 6.45) is 0. The van der Waals surface area contributed by atoms with E-state index in [0.29, 0.717) is 16.6 Å². The summed E-state index contributed by atoms with van der Waals surface area (Å²) in [7, 11) is 1.70. The highest BCUT2D eigenvalue weighted by Gasteiger charge is 2.15. The highest BCUT2D eigenvalue weighted by Crippen LogP contribution is 2.25. The maximum Gasteiger partial charge on any atom is 0.0746 e. The summed E-state index contributed by atoms with van der Waals surface area (Å²) < 4.78 is 5.31. The van der Waals surface area contributed by atoms with Crippen LogP contribution in [0.15, 0.2) is 18.2 Å². The van der Waals surface area contributed by atoms with Crippen LogP contribution in [-0.2, 0) is 11.3 Å². The van der Waals surface area contributed by atoms with Crippen molar-refractivity contribution in [2.75, 3.05) is 13.7 Å². The van der Waals surface area contributed by atoms with Crippen LogP contribution in [0.1, 0.15) is 19.4 Å². The van der Waals surface area contributed by atoms with Crippen molar-refractivity contribution in [2.45, 2.75) is 26.0 Å². The third kappa shape index (κ3) is 3.95. The molecule has 1 rings (SSSR count). The summed E-state index contributed by atoms with van der Waals surface area (Å²) >= 11 is 12.0. The second kappa shape index (κ2) is 5.87. The van der Waals surface area contributed by atoms with Crippen LogP contribution in [0.2, 0.25) is 10.0 Å². The fraction of sp³-hybridized carbons (Fsp3) is 0.500. The molecule has 0 heterocycles. The van der Waals surface area contributed by atoms with E-state index in [4.69, 9.17) is 27.9 Å². The van der Waals surface area contributed by atoms with Crippen molar-refractivity contribution in [1.82, 2.24) is 5.32 Å². The van der Waals surface area contributed by atoms with Crippen LogP contribution in [0.3, 0.4) is 0 Å². The first-order chi connectivity index (χ1) is 7.46. The summed E-state index contributed by atoms with van der Waals surface area (Å²) in [4.78, 5) is 0. The van der Waals surface area contributed by atoms with Gasteiger partial charge in [-0.15, -0.1) is 0 Å². The summed E-state index contributed by atoms with van der Waals surface area (Å²) in [6.45, 7) is 5.50. The van der Waals surface area contributed by atoms with Gasteiger partial charge in [0.1, 0.15) is 0 Å². The molecule has 0 spiro atoms. The number of methoxy groups -OCH3 is 1. The Bertz CT molecular complexity index is 353. The Morgan fingerprint density at radius 1 is 1.31 bits per heavy atom. The zero-order valence-corrected chi connectivity index (χ0v) is 11.3. The summed E-state index contributed by atoms with van der Waals surface area (Å²) in [5.74, 6) is 0. The topological polar surface area (TPSA) is 21.3 Å². The molecule has 1 aromatic rings. The van der Waals surface area contributed by atoms with Crippen molar-refractivity contribution in [3.05, 3.63) is 33.8 Å². The lowest BCUT2D eigenvalue weighted by atomic mass is 10.1. The number of rotatable bonds is 5. The summed E-state index contributed by atoms with van der Waals surface area (Å²) in [5.41, 5.74) is 0.825. The van der Waals surface area contributed by atoms with Gasteiger partial charge in [0.15, 0.2) is 0 Å². The Kier molecular flexibility index (Phi) is 5.06. The van der Waals surface area contributed by atoms with Gasteiger partial charge >= 0.3 is 0 Å². The molecule has 4 heteroatoms. The van der Waals surface area contributed by atoms with E-state index in [1.807, 2.05) is 26.0 Å². The third-order valence-electron chi connectivity index (χ3n) is 2.45. The smallest absolute Gasteiger partial charge is 0.0746 e. The monoisotopic (exact) mass is 261 g/mol. The fourth-order valence-corrected chi connectivity index (χ4v) is 1.64. The Labute approximate surface area is 107 Å². The van der Waals surface area contributed by atoms with E-state index in [1.54, 1.807) is 13.2 Å². The van der Waals surface area contributed by atoms with E-state index in [0.717, 1.165) is 12.1 Å². The number of halogens is 2. The van der Waals surface area contributed by atoms with Crippen LogP contribution < -0.4 is 5.32 Å². The zero-order chi connectivity index (χ0) is 12.2. The molecule has 0 amide bonds. The normalized spacial score (nSPS) is 11.8. The molecule has 1 N–H and O–H groups in total. The molecule has 16 heavy (non-hydrogen) atoms. The zero-order valence-electron chi connectivity index (χ0n) is 9.81. The Morgan fingerprint density at radius 3 is 2.62 bits per heavy atom. The predicted octanol–water partition coefficient (Wildman–Crippen LogP) is 3.51. The Morgan fingerprint density at radius 2 is 2.00 bits per heavy atom. The first-order valence-corrected chi connectivity index (χ1v) is 5.90. The average Bonchev–Trinajstić information content (AvgIpc) is 2.24. The van der Waals surface area contributed by atoms with Gasteiger partial charge in [-0.3, -0.25) is 0 Å². The molecule has 0 bridgehead atoms. The van der Waals surface area contributed by atoms with Gasteiger partial charge in [-0.1, -0.05) is 35.3 Å². The minimum atomic E-state index is -0.176. The van der Waals surface area contributed by atoms with Crippen molar-refractivity contribution in [3.8, 4) is 0 Å². The second-order valence-corrected chi connectivity index (χ2v) is 5.07. The lowest BCUT2D eigenvalue weighted by Crippen LogP contribution is -2.36. The van der Waals surface area contributed by atoms with Gasteiger partial charge in [0.2, 0.25) is 0 Å². The molecule has 0 radical (unpaired) electrons. The van der Waals surface area contributed by atoms with Crippen LogP contribution in [0.4, 0.5) is 0 Å². The van der Waals surface area contributed by atoms with E-state index in [-0.39, 0.29) is 5.60 Å². The SMILES string of the molecule is COC(C)(C)CNCc1cccc(Cl)c1Cl. The molecule has 0 saturated carbocycles. The molecule has 0 unspecified atom stereocenters. The lowest BCUT2D eigenvalue weighted by Gasteiger charge is -2.23. The van der Waals surface area contributed by atoms with Crippen molar-refractivity contribution in [3.63, 3.8) is 0 Å². The maximum atomic E-state index is 6.07. The minimum Gasteiger partial charge on any atom is -0.377 e. The third-order valence-corrected chi connectivity index (χ3v) is 3.31. The molecule has 2 nitrogen and oxygen atoms in total. The van der Waals surface area contributed by atoms with Crippen LogP contribution in [0, 0.1) is 0 Å². The van der Waals surface area contributed by atoms with Crippen LogP contribution in [-0.4, -0.2) is 19.3 Å². The molecular formula is C12H17Cl2NO. The van der Waals surface area contributed by atoms with E-state index in [9.17, 15) is 0 Å². The first-order valence-electron chi connectivity index (χ1n) is 5.15. The van der Waals surface area contributed by atoms with Gasteiger partial charge in [0.25, 0.3) is 0 Å². The van der Waals surface area contributed by atoms with Gasteiger partial charge in [0, 0.05) is 20.2 Å². The molecule has 0 saturated heterocycles. The molecule has 1 aromatic carbocycles. The van der Waals surface area contributed by atoms with Crippen LogP contribution >= 0.6 is 23.2 Å². The van der Waals surface area contributed by atoms with Crippen LogP contribution in [0.25, 0.3) is 0 Å². The van der Waals surface area contributed by atoms with Gasteiger partial charge in [-0.2, -0.15) is 0 Å². The van der Waals surface area contributed by atoms with Gasteiger partial charge in [0.05, 0.1) is 15.6 Å². The van der Waals surface area contributed by atoms with Gasteiger partial charge < -0.3 is 10.1 Å². The first kappa shape index (κ1) is 13.8. The highest BCUT2D eigenvalue weighted by molar-refractivity contribution is 6.42. The number of hydrogen-bond acceptors (Lipinski definition) is 2. The fourth-order valence-electron chi connectivity index (χ4n) is 1.26. The summed E-state index contributed by atoms with van der Waals surface area (Å²) in [5, 5.41) is 4.50. The molecule has 0 atom stereocenters. The molecule has 0 aliphatic heterocycles. The average molecular weight is 262 g/mol. The minimum absolute atomic E-state index is 0.176. The van der Waals surface area contributed by atoms with E-state index in [2.05, 4.69) is 5.32 Å². The largest absolute Gasteiger partial charge is 0.377 e. The van der Waals surface area contributed by atoms with Crippen molar-refractivity contribution >= 4 is 23.2 Å².